The second kappa shape index (κ2) is 12.6. The van der Waals surface area contributed by atoms with Crippen molar-refractivity contribution >= 4 is 10.8 Å². The molecule has 0 unspecified atom stereocenters. The summed E-state index contributed by atoms with van der Waals surface area (Å²) in [4.78, 5) is 14.7. The highest BCUT2D eigenvalue weighted by Gasteiger charge is 2.15. The van der Waals surface area contributed by atoms with Gasteiger partial charge in [-0.2, -0.15) is 5.26 Å². The van der Waals surface area contributed by atoms with Crippen molar-refractivity contribution in [2.24, 2.45) is 0 Å². The first-order valence-electron chi connectivity index (χ1n) is 15.8. The van der Waals surface area contributed by atoms with Crippen molar-refractivity contribution in [2.45, 2.75) is 0 Å². The fourth-order valence-corrected chi connectivity index (χ4v) is 6.16. The monoisotopic (exact) mass is 612 g/mol. The highest BCUT2D eigenvalue weighted by molar-refractivity contribution is 6.04. The van der Waals surface area contributed by atoms with Gasteiger partial charge in [0.2, 0.25) is 0 Å². The van der Waals surface area contributed by atoms with E-state index in [1.165, 1.54) is 16.3 Å². The van der Waals surface area contributed by atoms with Gasteiger partial charge in [0, 0.05) is 16.7 Å². The Morgan fingerprint density at radius 2 is 0.875 bits per heavy atom. The second-order valence-electron chi connectivity index (χ2n) is 11.6. The van der Waals surface area contributed by atoms with E-state index in [-0.39, 0.29) is 0 Å². The molecule has 0 amide bonds. The van der Waals surface area contributed by atoms with E-state index >= 15 is 0 Å². The zero-order valence-corrected chi connectivity index (χ0v) is 26.0. The normalized spacial score (nSPS) is 10.9. The summed E-state index contributed by atoms with van der Waals surface area (Å²) in [5, 5.41) is 11.7. The number of nitriles is 1. The van der Waals surface area contributed by atoms with Gasteiger partial charge in [0.15, 0.2) is 17.5 Å². The molecular formula is C44H28N4. The molecule has 0 aliphatic carbocycles. The van der Waals surface area contributed by atoms with Crippen LogP contribution < -0.4 is 0 Å². The second-order valence-corrected chi connectivity index (χ2v) is 11.6. The lowest BCUT2D eigenvalue weighted by molar-refractivity contribution is 1.07. The van der Waals surface area contributed by atoms with Crippen molar-refractivity contribution in [3.05, 3.63) is 175 Å². The highest BCUT2D eigenvalue weighted by Crippen LogP contribution is 2.39. The first-order chi connectivity index (χ1) is 23.7. The Bertz CT molecular complexity index is 2370. The van der Waals surface area contributed by atoms with Crippen LogP contribution in [0.5, 0.6) is 0 Å². The molecule has 0 aliphatic heterocycles. The molecule has 4 heteroatoms. The van der Waals surface area contributed by atoms with Crippen molar-refractivity contribution in [1.82, 2.24) is 15.0 Å². The molecule has 0 saturated heterocycles. The summed E-state index contributed by atoms with van der Waals surface area (Å²) in [6.45, 7) is 0. The van der Waals surface area contributed by atoms with E-state index in [1.54, 1.807) is 0 Å². The van der Waals surface area contributed by atoms with E-state index in [0.29, 0.717) is 23.0 Å². The van der Waals surface area contributed by atoms with Gasteiger partial charge in [0.05, 0.1) is 11.6 Å². The average Bonchev–Trinajstić information content (AvgIpc) is 3.18. The van der Waals surface area contributed by atoms with Gasteiger partial charge in [-0.15, -0.1) is 0 Å². The van der Waals surface area contributed by atoms with Crippen LogP contribution in [0.4, 0.5) is 0 Å². The number of hydrogen-bond acceptors (Lipinski definition) is 4. The van der Waals surface area contributed by atoms with E-state index < -0.39 is 0 Å². The van der Waals surface area contributed by atoms with E-state index in [4.69, 9.17) is 15.0 Å². The molecule has 8 aromatic rings. The van der Waals surface area contributed by atoms with Crippen LogP contribution in [-0.2, 0) is 0 Å². The smallest absolute Gasteiger partial charge is 0.164 e. The van der Waals surface area contributed by atoms with Crippen LogP contribution >= 0.6 is 0 Å². The number of rotatable bonds is 6. The Morgan fingerprint density at radius 3 is 1.50 bits per heavy atom. The summed E-state index contributed by atoms with van der Waals surface area (Å²) in [5.74, 6) is 1.91. The van der Waals surface area contributed by atoms with Gasteiger partial charge in [-0.3, -0.25) is 0 Å². The molecular weight excluding hydrogens is 585 g/mol. The highest BCUT2D eigenvalue weighted by atomic mass is 15.0. The van der Waals surface area contributed by atoms with E-state index in [2.05, 4.69) is 91.0 Å². The number of aromatic nitrogens is 3. The van der Waals surface area contributed by atoms with Crippen LogP contribution in [0.2, 0.25) is 0 Å². The van der Waals surface area contributed by atoms with E-state index in [9.17, 15) is 5.26 Å². The Kier molecular flexibility index (Phi) is 7.54. The molecule has 1 aromatic heterocycles. The first kappa shape index (κ1) is 28.8. The van der Waals surface area contributed by atoms with Gasteiger partial charge < -0.3 is 0 Å². The molecule has 224 valence electrons. The summed E-state index contributed by atoms with van der Waals surface area (Å²) in [5.41, 5.74) is 10.1. The molecule has 0 fully saturated rings. The van der Waals surface area contributed by atoms with Gasteiger partial charge in [0.1, 0.15) is 0 Å². The maximum absolute atomic E-state index is 9.37. The lowest BCUT2D eigenvalue weighted by atomic mass is 9.89. The molecule has 0 spiro atoms. The SMILES string of the molecule is N#Cc1cccc(-c2ccc(-c3ccc4ccccc4c3-c3ccc(-c4nc(-c5ccccc5)nc(-c5ccccc5)n4)cc3)cc2)c1. The molecule has 1 heterocycles. The fraction of sp³-hybridized carbons (Fsp3) is 0. The van der Waals surface area contributed by atoms with Crippen LogP contribution in [0.1, 0.15) is 5.56 Å². The summed E-state index contributed by atoms with van der Waals surface area (Å²) >= 11 is 0. The molecule has 8 rings (SSSR count). The third kappa shape index (κ3) is 5.62. The van der Waals surface area contributed by atoms with Crippen LogP contribution in [-0.4, -0.2) is 15.0 Å². The van der Waals surface area contributed by atoms with Crippen LogP contribution in [0, 0.1) is 11.3 Å². The van der Waals surface area contributed by atoms with Crippen LogP contribution in [0.15, 0.2) is 170 Å². The van der Waals surface area contributed by atoms with Gasteiger partial charge >= 0.3 is 0 Å². The third-order valence-corrected chi connectivity index (χ3v) is 8.58. The lowest BCUT2D eigenvalue weighted by Gasteiger charge is -2.15. The van der Waals surface area contributed by atoms with Crippen molar-refractivity contribution in [1.29, 1.82) is 5.26 Å². The molecule has 4 nitrogen and oxygen atoms in total. The fourth-order valence-electron chi connectivity index (χ4n) is 6.16. The zero-order valence-electron chi connectivity index (χ0n) is 26.0. The molecule has 0 saturated carbocycles. The van der Waals surface area contributed by atoms with Gasteiger partial charge in [0.25, 0.3) is 0 Å². The number of fused-ring (bicyclic) bond motifs is 1. The zero-order chi connectivity index (χ0) is 32.3. The Hall–Kier alpha value is -6.70. The minimum absolute atomic E-state index is 0.628. The van der Waals surface area contributed by atoms with Crippen molar-refractivity contribution in [3.63, 3.8) is 0 Å². The molecule has 0 radical (unpaired) electrons. The van der Waals surface area contributed by atoms with E-state index in [0.717, 1.165) is 44.5 Å². The summed E-state index contributed by atoms with van der Waals surface area (Å²) in [6, 6.07) is 60.1. The molecule has 0 bridgehead atoms. The summed E-state index contributed by atoms with van der Waals surface area (Å²) in [6.07, 6.45) is 0. The molecule has 7 aromatic carbocycles. The number of nitrogens with zero attached hydrogens (tertiary/aromatic N) is 4. The van der Waals surface area contributed by atoms with Crippen molar-refractivity contribution in [2.75, 3.05) is 0 Å². The van der Waals surface area contributed by atoms with Crippen LogP contribution in [0.3, 0.4) is 0 Å². The largest absolute Gasteiger partial charge is 0.208 e. The number of benzene rings is 7. The maximum Gasteiger partial charge on any atom is 0.164 e. The van der Waals surface area contributed by atoms with E-state index in [1.807, 2.05) is 84.9 Å². The summed E-state index contributed by atoms with van der Waals surface area (Å²) < 4.78 is 0. The standard InChI is InChI=1S/C44H28N4/c45-29-30-10-9-16-38(28-30)31-18-20-33(21-19-31)40-27-26-32-11-7-8-17-39(32)41(40)34-22-24-37(25-23-34)44-47-42(35-12-3-1-4-13-35)46-43(48-44)36-14-5-2-6-15-36/h1-28H. The minimum Gasteiger partial charge on any atom is -0.208 e. The van der Waals surface area contributed by atoms with Gasteiger partial charge in [-0.05, 0) is 56.3 Å². The van der Waals surface area contributed by atoms with Crippen LogP contribution in [0.25, 0.3) is 78.3 Å². The maximum atomic E-state index is 9.37. The average molecular weight is 613 g/mol. The molecule has 48 heavy (non-hydrogen) atoms. The topological polar surface area (TPSA) is 62.5 Å². The first-order valence-corrected chi connectivity index (χ1v) is 15.8. The lowest BCUT2D eigenvalue weighted by Crippen LogP contribution is -2.00. The number of hydrogen-bond donors (Lipinski definition) is 0. The quantitative estimate of drug-likeness (QED) is 0.187. The molecule has 0 N–H and O–H groups in total. The van der Waals surface area contributed by atoms with Crippen molar-refractivity contribution < 1.29 is 0 Å². The van der Waals surface area contributed by atoms with Crippen molar-refractivity contribution in [3.8, 4) is 73.6 Å². The third-order valence-electron chi connectivity index (χ3n) is 8.58. The van der Waals surface area contributed by atoms with Gasteiger partial charge in [-0.25, -0.2) is 15.0 Å². The Labute approximate surface area is 279 Å². The predicted molar refractivity (Wildman–Crippen MR) is 195 cm³/mol. The Morgan fingerprint density at radius 1 is 0.375 bits per heavy atom. The molecule has 0 aliphatic rings. The predicted octanol–water partition coefficient (Wildman–Crippen LogP) is 10.9. The summed E-state index contributed by atoms with van der Waals surface area (Å²) in [7, 11) is 0. The van der Waals surface area contributed by atoms with Gasteiger partial charge in [-0.1, -0.05) is 158 Å². The molecule has 0 atom stereocenters. The Balaban J connectivity index is 1.21. The minimum atomic E-state index is 0.628.